The summed E-state index contributed by atoms with van der Waals surface area (Å²) in [4.78, 5) is 18.6. The van der Waals surface area contributed by atoms with Gasteiger partial charge in [-0.25, -0.2) is 0 Å². The minimum Gasteiger partial charge on any atom is -0.351 e. The van der Waals surface area contributed by atoms with Crippen LogP contribution in [0, 0.1) is 0 Å². The maximum absolute atomic E-state index is 11.6. The van der Waals surface area contributed by atoms with E-state index in [2.05, 4.69) is 36.0 Å². The van der Waals surface area contributed by atoms with Crippen molar-refractivity contribution in [1.82, 2.24) is 20.0 Å². The van der Waals surface area contributed by atoms with Crippen molar-refractivity contribution in [2.24, 2.45) is 0 Å². The van der Waals surface area contributed by atoms with Crippen LogP contribution in [0.15, 0.2) is 12.2 Å². The van der Waals surface area contributed by atoms with Gasteiger partial charge in [0, 0.05) is 37.8 Å². The monoisotopic (exact) mass is 310 g/mol. The second-order valence-electron chi connectivity index (χ2n) is 6.79. The van der Waals surface area contributed by atoms with Gasteiger partial charge < -0.3 is 20.0 Å². The molecule has 0 spiro atoms. The maximum Gasteiger partial charge on any atom is 0.243 e. The Kier molecular flexibility index (Phi) is 8.68. The zero-order valence-electron chi connectivity index (χ0n) is 15.0. The molecule has 5 nitrogen and oxygen atoms in total. The van der Waals surface area contributed by atoms with Gasteiger partial charge in [0.15, 0.2) is 0 Å². The molecule has 1 amide bonds. The first-order valence-electron chi connectivity index (χ1n) is 8.43. The predicted octanol–water partition coefficient (Wildman–Crippen LogP) is 1.03. The van der Waals surface area contributed by atoms with Crippen LogP contribution in [-0.2, 0) is 4.79 Å². The lowest BCUT2D eigenvalue weighted by Gasteiger charge is -2.38. The first kappa shape index (κ1) is 19.1. The van der Waals surface area contributed by atoms with E-state index in [1.165, 1.54) is 12.8 Å². The van der Waals surface area contributed by atoms with Crippen LogP contribution in [0.3, 0.4) is 0 Å². The summed E-state index contributed by atoms with van der Waals surface area (Å²) in [5.74, 6) is 0.0104. The van der Waals surface area contributed by atoms with E-state index in [9.17, 15) is 4.79 Å². The Bertz CT molecular complexity index is 347. The molecule has 1 saturated heterocycles. The lowest BCUT2D eigenvalue weighted by molar-refractivity contribution is -0.116. The fourth-order valence-corrected chi connectivity index (χ4v) is 2.74. The molecule has 1 rings (SSSR count). The van der Waals surface area contributed by atoms with E-state index in [-0.39, 0.29) is 5.91 Å². The Morgan fingerprint density at radius 2 is 1.91 bits per heavy atom. The van der Waals surface area contributed by atoms with Gasteiger partial charge in [-0.05, 0) is 60.9 Å². The predicted molar refractivity (Wildman–Crippen MR) is 93.1 cm³/mol. The minimum absolute atomic E-state index is 0.0104. The van der Waals surface area contributed by atoms with Crippen molar-refractivity contribution >= 4 is 5.91 Å². The van der Waals surface area contributed by atoms with Crippen molar-refractivity contribution in [3.8, 4) is 0 Å². The smallest absolute Gasteiger partial charge is 0.243 e. The van der Waals surface area contributed by atoms with Crippen molar-refractivity contribution < 1.29 is 4.79 Å². The largest absolute Gasteiger partial charge is 0.351 e. The summed E-state index contributed by atoms with van der Waals surface area (Å²) in [6, 6.07) is 1.32. The zero-order chi connectivity index (χ0) is 16.5. The molecule has 0 bridgehead atoms. The first-order chi connectivity index (χ1) is 10.4. The Morgan fingerprint density at radius 1 is 1.27 bits per heavy atom. The Labute approximate surface area is 136 Å². The number of hydrogen-bond donors (Lipinski definition) is 1. The van der Waals surface area contributed by atoms with Crippen molar-refractivity contribution in [1.29, 1.82) is 0 Å². The van der Waals surface area contributed by atoms with E-state index in [1.807, 2.05) is 25.1 Å². The van der Waals surface area contributed by atoms with Gasteiger partial charge in [0.2, 0.25) is 5.91 Å². The van der Waals surface area contributed by atoms with E-state index in [4.69, 9.17) is 0 Å². The van der Waals surface area contributed by atoms with Crippen LogP contribution in [-0.4, -0.2) is 86.6 Å². The third-order valence-electron chi connectivity index (χ3n) is 4.41. The van der Waals surface area contributed by atoms with Crippen molar-refractivity contribution in [2.45, 2.75) is 38.8 Å². The van der Waals surface area contributed by atoms with Crippen LogP contribution < -0.4 is 5.32 Å². The summed E-state index contributed by atoms with van der Waals surface area (Å²) >= 11 is 0. The van der Waals surface area contributed by atoms with Gasteiger partial charge in [-0.3, -0.25) is 4.79 Å². The molecule has 0 aromatic heterocycles. The fraction of sp³-hybridized carbons (Fsp3) is 0.824. The van der Waals surface area contributed by atoms with Gasteiger partial charge in [-0.2, -0.15) is 0 Å². The van der Waals surface area contributed by atoms with Gasteiger partial charge in [-0.15, -0.1) is 0 Å². The maximum atomic E-state index is 11.6. The number of rotatable bonds is 8. The molecule has 0 unspecified atom stereocenters. The van der Waals surface area contributed by atoms with Crippen LogP contribution >= 0.6 is 0 Å². The van der Waals surface area contributed by atoms with Gasteiger partial charge >= 0.3 is 0 Å². The standard InChI is InChI=1S/C17H34N4O/c1-15(2)20(5)16-8-12-21(13-9-16)14-10-18-17(22)7-6-11-19(3)4/h6-7,15-16H,8-14H2,1-5H3,(H,18,22)/b7-6+. The fourth-order valence-electron chi connectivity index (χ4n) is 2.74. The molecular formula is C17H34N4O. The molecular weight excluding hydrogens is 276 g/mol. The molecule has 1 heterocycles. The number of likely N-dealkylation sites (tertiary alicyclic amines) is 1. The van der Waals surface area contributed by atoms with E-state index in [0.717, 1.165) is 32.7 Å². The molecule has 1 aliphatic heterocycles. The lowest BCUT2D eigenvalue weighted by atomic mass is 10.0. The van der Waals surface area contributed by atoms with Crippen LogP contribution in [0.4, 0.5) is 0 Å². The molecule has 1 fully saturated rings. The molecule has 0 atom stereocenters. The van der Waals surface area contributed by atoms with Crippen LogP contribution in [0.5, 0.6) is 0 Å². The number of amides is 1. The summed E-state index contributed by atoms with van der Waals surface area (Å²) in [7, 11) is 6.20. The minimum atomic E-state index is 0.0104. The molecule has 22 heavy (non-hydrogen) atoms. The van der Waals surface area contributed by atoms with Crippen LogP contribution in [0.2, 0.25) is 0 Å². The first-order valence-corrected chi connectivity index (χ1v) is 8.43. The SMILES string of the molecule is CC(C)N(C)C1CCN(CCNC(=O)/C=C/CN(C)C)CC1. The average Bonchev–Trinajstić information content (AvgIpc) is 2.46. The van der Waals surface area contributed by atoms with Crippen molar-refractivity contribution in [3.05, 3.63) is 12.2 Å². The molecule has 1 aliphatic rings. The number of nitrogens with zero attached hydrogens (tertiary/aromatic N) is 3. The molecule has 0 saturated carbocycles. The quantitative estimate of drug-likeness (QED) is 0.680. The zero-order valence-corrected chi connectivity index (χ0v) is 15.0. The number of nitrogens with one attached hydrogen (secondary N) is 1. The number of hydrogen-bond acceptors (Lipinski definition) is 4. The molecule has 128 valence electrons. The van der Waals surface area contributed by atoms with Gasteiger partial charge in [-0.1, -0.05) is 6.08 Å². The second kappa shape index (κ2) is 9.98. The Morgan fingerprint density at radius 3 is 2.45 bits per heavy atom. The second-order valence-corrected chi connectivity index (χ2v) is 6.79. The normalized spacial score (nSPS) is 18.0. The number of carbonyl (C=O) groups is 1. The highest BCUT2D eigenvalue weighted by molar-refractivity contribution is 5.87. The van der Waals surface area contributed by atoms with Crippen molar-refractivity contribution in [3.63, 3.8) is 0 Å². The Balaban J connectivity index is 2.15. The van der Waals surface area contributed by atoms with Crippen molar-refractivity contribution in [2.75, 3.05) is 53.9 Å². The van der Waals surface area contributed by atoms with Gasteiger partial charge in [0.25, 0.3) is 0 Å². The summed E-state index contributed by atoms with van der Waals surface area (Å²) in [5, 5.41) is 2.96. The highest BCUT2D eigenvalue weighted by atomic mass is 16.1. The summed E-state index contributed by atoms with van der Waals surface area (Å²) < 4.78 is 0. The number of likely N-dealkylation sites (N-methyl/N-ethyl adjacent to an activating group) is 1. The van der Waals surface area contributed by atoms with E-state index >= 15 is 0 Å². The summed E-state index contributed by atoms with van der Waals surface area (Å²) in [6.45, 7) is 9.26. The highest BCUT2D eigenvalue weighted by Crippen LogP contribution is 2.16. The summed E-state index contributed by atoms with van der Waals surface area (Å²) in [5.41, 5.74) is 0. The molecule has 0 aromatic carbocycles. The lowest BCUT2D eigenvalue weighted by Crippen LogP contribution is -2.47. The molecule has 5 heteroatoms. The highest BCUT2D eigenvalue weighted by Gasteiger charge is 2.23. The third-order valence-corrected chi connectivity index (χ3v) is 4.41. The molecule has 1 N–H and O–H groups in total. The number of piperidine rings is 1. The average molecular weight is 310 g/mol. The van der Waals surface area contributed by atoms with E-state index < -0.39 is 0 Å². The van der Waals surface area contributed by atoms with Crippen LogP contribution in [0.25, 0.3) is 0 Å². The van der Waals surface area contributed by atoms with E-state index in [1.54, 1.807) is 6.08 Å². The van der Waals surface area contributed by atoms with Crippen LogP contribution in [0.1, 0.15) is 26.7 Å². The van der Waals surface area contributed by atoms with Gasteiger partial charge in [0.05, 0.1) is 0 Å². The molecule has 0 aliphatic carbocycles. The third kappa shape index (κ3) is 7.38. The van der Waals surface area contributed by atoms with Gasteiger partial charge in [0.1, 0.15) is 0 Å². The number of carbonyl (C=O) groups excluding carboxylic acids is 1. The summed E-state index contributed by atoms with van der Waals surface area (Å²) in [6.07, 6.45) is 5.98. The molecule has 0 radical (unpaired) electrons. The van der Waals surface area contributed by atoms with E-state index in [0.29, 0.717) is 12.1 Å². The topological polar surface area (TPSA) is 38.8 Å². The molecule has 0 aromatic rings. The Hall–Kier alpha value is -0.910.